The fourth-order valence-electron chi connectivity index (χ4n) is 2.77. The third-order valence-electron chi connectivity index (χ3n) is 4.00. The van der Waals surface area contributed by atoms with Crippen LogP contribution in [0.25, 0.3) is 11.0 Å². The molecule has 3 rings (SSSR count). The van der Waals surface area contributed by atoms with E-state index in [-0.39, 0.29) is 42.5 Å². The number of urea groups is 1. The molecule has 0 aliphatic carbocycles. The number of carbonyl (C=O) groups is 2. The number of rotatable bonds is 5. The van der Waals surface area contributed by atoms with Gasteiger partial charge in [-0.25, -0.2) is 4.79 Å². The maximum atomic E-state index is 11.6. The summed E-state index contributed by atoms with van der Waals surface area (Å²) >= 11 is 0. The SMILES string of the molecule is CN=C(NCCN1C(=O)CNC1=O)N(C)Cc1cc2ccccc2o1.I. The van der Waals surface area contributed by atoms with Crippen LogP contribution in [0.4, 0.5) is 4.79 Å². The molecule has 140 valence electrons. The molecule has 0 saturated carbocycles. The van der Waals surface area contributed by atoms with Crippen LogP contribution in [0, 0.1) is 0 Å². The maximum Gasteiger partial charge on any atom is 0.324 e. The van der Waals surface area contributed by atoms with Crippen LogP contribution in [0.3, 0.4) is 0 Å². The average molecular weight is 471 g/mol. The molecule has 1 aliphatic heterocycles. The molecule has 2 heterocycles. The lowest BCUT2D eigenvalue weighted by molar-refractivity contribution is -0.124. The summed E-state index contributed by atoms with van der Waals surface area (Å²) in [5.41, 5.74) is 0.854. The first-order valence-electron chi connectivity index (χ1n) is 8.06. The monoisotopic (exact) mass is 471 g/mol. The highest BCUT2D eigenvalue weighted by Gasteiger charge is 2.27. The molecule has 1 fully saturated rings. The normalized spacial score (nSPS) is 14.4. The minimum atomic E-state index is -0.350. The second kappa shape index (κ2) is 8.88. The van der Waals surface area contributed by atoms with Gasteiger partial charge >= 0.3 is 6.03 Å². The van der Waals surface area contributed by atoms with Crippen molar-refractivity contribution in [3.63, 3.8) is 0 Å². The molecule has 1 aromatic carbocycles. The van der Waals surface area contributed by atoms with Gasteiger partial charge in [0.05, 0.1) is 13.1 Å². The lowest BCUT2D eigenvalue weighted by atomic mass is 10.2. The molecule has 0 bridgehead atoms. The Morgan fingerprint density at radius 2 is 2.15 bits per heavy atom. The molecule has 1 saturated heterocycles. The summed E-state index contributed by atoms with van der Waals surface area (Å²) in [6, 6.07) is 9.51. The van der Waals surface area contributed by atoms with E-state index in [1.807, 2.05) is 42.3 Å². The number of aliphatic imine (C=N–C) groups is 1. The largest absolute Gasteiger partial charge is 0.459 e. The van der Waals surface area contributed by atoms with E-state index in [1.54, 1.807) is 7.05 Å². The molecule has 2 aromatic rings. The number of hydrogen-bond acceptors (Lipinski definition) is 4. The Morgan fingerprint density at radius 3 is 2.81 bits per heavy atom. The highest BCUT2D eigenvalue weighted by atomic mass is 127. The molecule has 0 atom stereocenters. The standard InChI is InChI=1S/C17H21N5O3.HI/c1-18-16(19-7-8-22-15(23)10-20-17(22)24)21(2)11-13-9-12-5-3-4-6-14(12)25-13;/h3-6,9H,7-8,10-11H2,1-2H3,(H,18,19)(H,20,24);1H. The average Bonchev–Trinajstić information content (AvgIpc) is 3.15. The van der Waals surface area contributed by atoms with Gasteiger partial charge in [0.1, 0.15) is 11.3 Å². The van der Waals surface area contributed by atoms with Gasteiger partial charge in [0.15, 0.2) is 5.96 Å². The molecular weight excluding hydrogens is 449 g/mol. The molecule has 9 heteroatoms. The van der Waals surface area contributed by atoms with Crippen molar-refractivity contribution in [3.05, 3.63) is 36.1 Å². The third-order valence-corrected chi connectivity index (χ3v) is 4.00. The summed E-state index contributed by atoms with van der Waals surface area (Å²) < 4.78 is 5.82. The van der Waals surface area contributed by atoms with Gasteiger partial charge in [0, 0.05) is 32.6 Å². The Labute approximate surface area is 168 Å². The molecule has 1 aromatic heterocycles. The summed E-state index contributed by atoms with van der Waals surface area (Å²) in [6.45, 7) is 1.34. The fourth-order valence-corrected chi connectivity index (χ4v) is 2.77. The summed E-state index contributed by atoms with van der Waals surface area (Å²) in [7, 11) is 3.58. The molecule has 26 heavy (non-hydrogen) atoms. The first kappa shape index (κ1) is 20.0. The maximum absolute atomic E-state index is 11.6. The van der Waals surface area contributed by atoms with Crippen molar-refractivity contribution in [2.45, 2.75) is 6.54 Å². The molecule has 3 amide bonds. The van der Waals surface area contributed by atoms with E-state index in [0.29, 0.717) is 25.6 Å². The number of guanidine groups is 1. The third kappa shape index (κ3) is 4.45. The number of imide groups is 1. The van der Waals surface area contributed by atoms with E-state index in [2.05, 4.69) is 15.6 Å². The second-order valence-corrected chi connectivity index (χ2v) is 5.78. The van der Waals surface area contributed by atoms with Crippen molar-refractivity contribution in [3.8, 4) is 0 Å². The zero-order chi connectivity index (χ0) is 17.8. The van der Waals surface area contributed by atoms with Gasteiger partial charge in [-0.1, -0.05) is 18.2 Å². The number of para-hydroxylation sites is 1. The minimum absolute atomic E-state index is 0. The Morgan fingerprint density at radius 1 is 1.38 bits per heavy atom. The Bertz CT molecular complexity index is 771. The van der Waals surface area contributed by atoms with Crippen molar-refractivity contribution < 1.29 is 14.0 Å². The van der Waals surface area contributed by atoms with E-state index >= 15 is 0 Å². The molecular formula is C17H22IN5O3. The Hall–Kier alpha value is -2.30. The number of halogens is 1. The first-order chi connectivity index (χ1) is 12.1. The predicted octanol–water partition coefficient (Wildman–Crippen LogP) is 1.61. The van der Waals surface area contributed by atoms with Crippen LogP contribution in [0.5, 0.6) is 0 Å². The fraction of sp³-hybridized carbons (Fsp3) is 0.353. The molecule has 0 unspecified atom stereocenters. The highest BCUT2D eigenvalue weighted by molar-refractivity contribution is 14.0. The number of nitrogens with zero attached hydrogens (tertiary/aromatic N) is 3. The van der Waals surface area contributed by atoms with E-state index < -0.39 is 0 Å². The number of fused-ring (bicyclic) bond motifs is 1. The van der Waals surface area contributed by atoms with Crippen molar-refractivity contribution in [1.29, 1.82) is 0 Å². The van der Waals surface area contributed by atoms with E-state index in [4.69, 9.17) is 4.42 Å². The van der Waals surface area contributed by atoms with Crippen LogP contribution in [-0.2, 0) is 11.3 Å². The van der Waals surface area contributed by atoms with Gasteiger partial charge in [-0.3, -0.25) is 14.7 Å². The van der Waals surface area contributed by atoms with E-state index in [1.165, 1.54) is 4.90 Å². The Balaban J connectivity index is 0.00000243. The molecule has 2 N–H and O–H groups in total. The molecule has 0 spiro atoms. The molecule has 0 radical (unpaired) electrons. The van der Waals surface area contributed by atoms with Crippen LogP contribution in [0.15, 0.2) is 39.7 Å². The van der Waals surface area contributed by atoms with Gasteiger partial charge in [-0.05, 0) is 12.1 Å². The summed E-state index contributed by atoms with van der Waals surface area (Å²) in [4.78, 5) is 30.4. The number of amides is 3. The summed E-state index contributed by atoms with van der Waals surface area (Å²) in [5.74, 6) is 1.28. The number of nitrogens with one attached hydrogen (secondary N) is 2. The van der Waals surface area contributed by atoms with Gasteiger partial charge in [-0.2, -0.15) is 0 Å². The molecule has 8 nitrogen and oxygen atoms in total. The van der Waals surface area contributed by atoms with Gasteiger partial charge in [0.25, 0.3) is 0 Å². The number of benzene rings is 1. The van der Waals surface area contributed by atoms with E-state index in [0.717, 1.165) is 16.7 Å². The van der Waals surface area contributed by atoms with Crippen molar-refractivity contribution >= 4 is 52.8 Å². The summed E-state index contributed by atoms with van der Waals surface area (Å²) in [6.07, 6.45) is 0. The van der Waals surface area contributed by atoms with Crippen LogP contribution in [-0.4, -0.2) is 61.4 Å². The van der Waals surface area contributed by atoms with Crippen molar-refractivity contribution in [2.24, 2.45) is 4.99 Å². The topological polar surface area (TPSA) is 90.2 Å². The minimum Gasteiger partial charge on any atom is -0.459 e. The number of hydrogen-bond donors (Lipinski definition) is 2. The van der Waals surface area contributed by atoms with Crippen molar-refractivity contribution in [2.75, 3.05) is 33.7 Å². The lowest BCUT2D eigenvalue weighted by Crippen LogP contribution is -2.43. The van der Waals surface area contributed by atoms with Crippen LogP contribution in [0.1, 0.15) is 5.76 Å². The number of furan rings is 1. The highest BCUT2D eigenvalue weighted by Crippen LogP contribution is 2.19. The lowest BCUT2D eigenvalue weighted by Gasteiger charge is -2.22. The molecule has 1 aliphatic rings. The Kier molecular flexibility index (Phi) is 6.83. The predicted molar refractivity (Wildman–Crippen MR) is 110 cm³/mol. The zero-order valence-corrected chi connectivity index (χ0v) is 17.0. The van der Waals surface area contributed by atoms with E-state index in [9.17, 15) is 9.59 Å². The second-order valence-electron chi connectivity index (χ2n) is 5.78. The van der Waals surface area contributed by atoms with Gasteiger partial charge < -0.3 is 20.0 Å². The summed E-state index contributed by atoms with van der Waals surface area (Å²) in [5, 5.41) is 6.71. The first-order valence-corrected chi connectivity index (χ1v) is 8.06. The zero-order valence-electron chi connectivity index (χ0n) is 14.7. The smallest absolute Gasteiger partial charge is 0.324 e. The quantitative estimate of drug-likeness (QED) is 0.300. The van der Waals surface area contributed by atoms with Gasteiger partial charge in [0.2, 0.25) is 5.91 Å². The van der Waals surface area contributed by atoms with Crippen LogP contribution in [0.2, 0.25) is 0 Å². The van der Waals surface area contributed by atoms with Gasteiger partial charge in [-0.15, -0.1) is 24.0 Å². The van der Waals surface area contributed by atoms with Crippen LogP contribution < -0.4 is 10.6 Å². The number of carbonyl (C=O) groups excluding carboxylic acids is 2. The van der Waals surface area contributed by atoms with Crippen LogP contribution >= 0.6 is 24.0 Å². The van der Waals surface area contributed by atoms with Crippen molar-refractivity contribution in [1.82, 2.24) is 20.4 Å².